The minimum atomic E-state index is -0.335. The molecule has 1 N–H and O–H groups in total. The van der Waals surface area contributed by atoms with Crippen molar-refractivity contribution in [2.75, 3.05) is 27.2 Å². The first-order valence-electron chi connectivity index (χ1n) is 3.25. The van der Waals surface area contributed by atoms with Crippen LogP contribution in [0.15, 0.2) is 0 Å². The lowest BCUT2D eigenvalue weighted by atomic mass is 10.1. The molecule has 1 rings (SSSR count). The molecule has 58 valence electrons. The summed E-state index contributed by atoms with van der Waals surface area (Å²) in [6.07, 6.45) is -0.335. The smallest absolute Gasteiger partial charge is 0.407 e. The molecule has 0 aromatic rings. The minimum absolute atomic E-state index is 0.289. The number of alkyl carbamates (subject to hydrolysis) is 1. The van der Waals surface area contributed by atoms with Gasteiger partial charge in [-0.2, -0.15) is 0 Å². The van der Waals surface area contributed by atoms with E-state index in [1.165, 1.54) is 7.11 Å². The van der Waals surface area contributed by atoms with E-state index in [2.05, 4.69) is 15.0 Å². The summed E-state index contributed by atoms with van der Waals surface area (Å²) in [5.41, 5.74) is 0. The Bertz CT molecular complexity index is 132. The second-order valence-corrected chi connectivity index (χ2v) is 2.55. The number of hydrogen-bond donors (Lipinski definition) is 1. The van der Waals surface area contributed by atoms with Gasteiger partial charge in [0.2, 0.25) is 0 Å². The predicted octanol–water partition coefficient (Wildman–Crippen LogP) is -0.344. The molecule has 0 aromatic heterocycles. The van der Waals surface area contributed by atoms with Gasteiger partial charge in [0.1, 0.15) is 0 Å². The number of carbonyl (C=O) groups is 1. The highest BCUT2D eigenvalue weighted by atomic mass is 16.5. The topological polar surface area (TPSA) is 41.6 Å². The monoisotopic (exact) mass is 144 g/mol. The molecular formula is C6H12N2O2. The van der Waals surface area contributed by atoms with Crippen LogP contribution in [0.3, 0.4) is 0 Å². The van der Waals surface area contributed by atoms with Gasteiger partial charge >= 0.3 is 6.09 Å². The van der Waals surface area contributed by atoms with Gasteiger partial charge in [-0.25, -0.2) is 4.79 Å². The molecule has 1 amide bonds. The maximum Gasteiger partial charge on any atom is 0.407 e. The van der Waals surface area contributed by atoms with Crippen molar-refractivity contribution in [3.8, 4) is 0 Å². The zero-order valence-corrected chi connectivity index (χ0v) is 6.26. The lowest BCUT2D eigenvalue weighted by molar-refractivity contribution is 0.130. The van der Waals surface area contributed by atoms with Gasteiger partial charge in [0.15, 0.2) is 0 Å². The lowest BCUT2D eigenvalue weighted by Crippen LogP contribution is -2.57. The van der Waals surface area contributed by atoms with Crippen LogP contribution in [0, 0.1) is 0 Å². The normalized spacial score (nSPS) is 19.8. The molecule has 0 spiro atoms. The minimum Gasteiger partial charge on any atom is -0.453 e. The Balaban J connectivity index is 2.10. The molecule has 0 bridgehead atoms. The van der Waals surface area contributed by atoms with E-state index in [0.29, 0.717) is 0 Å². The van der Waals surface area contributed by atoms with Gasteiger partial charge in [0.25, 0.3) is 0 Å². The molecule has 0 saturated carbocycles. The summed E-state index contributed by atoms with van der Waals surface area (Å²) in [4.78, 5) is 12.7. The van der Waals surface area contributed by atoms with Gasteiger partial charge in [-0.15, -0.1) is 0 Å². The molecule has 1 fully saturated rings. The lowest BCUT2D eigenvalue weighted by Gasteiger charge is -2.35. The summed E-state index contributed by atoms with van der Waals surface area (Å²) in [5.74, 6) is 0. The maximum absolute atomic E-state index is 10.6. The summed E-state index contributed by atoms with van der Waals surface area (Å²) in [6, 6.07) is 0.289. The molecule has 4 heteroatoms. The number of nitrogens with one attached hydrogen (secondary N) is 1. The van der Waals surface area contributed by atoms with Crippen LogP contribution in [0.2, 0.25) is 0 Å². The Morgan fingerprint density at radius 3 is 2.70 bits per heavy atom. The van der Waals surface area contributed by atoms with Crippen molar-refractivity contribution in [3.05, 3.63) is 0 Å². The second kappa shape index (κ2) is 2.88. The van der Waals surface area contributed by atoms with Crippen molar-refractivity contribution < 1.29 is 9.53 Å². The highest BCUT2D eigenvalue weighted by Gasteiger charge is 2.24. The van der Waals surface area contributed by atoms with E-state index in [1.807, 2.05) is 7.05 Å². The van der Waals surface area contributed by atoms with E-state index in [9.17, 15) is 4.79 Å². The van der Waals surface area contributed by atoms with E-state index in [1.54, 1.807) is 0 Å². The second-order valence-electron chi connectivity index (χ2n) is 2.55. The van der Waals surface area contributed by atoms with Crippen molar-refractivity contribution in [1.82, 2.24) is 10.2 Å². The maximum atomic E-state index is 10.6. The van der Waals surface area contributed by atoms with Gasteiger partial charge in [-0.3, -0.25) is 0 Å². The van der Waals surface area contributed by atoms with Crippen LogP contribution < -0.4 is 5.32 Å². The van der Waals surface area contributed by atoms with Crippen molar-refractivity contribution in [1.29, 1.82) is 0 Å². The van der Waals surface area contributed by atoms with Gasteiger partial charge in [-0.1, -0.05) is 0 Å². The molecule has 0 aromatic carbocycles. The fourth-order valence-electron chi connectivity index (χ4n) is 1.02. The molecule has 1 saturated heterocycles. The number of methoxy groups -OCH3 is 1. The highest BCUT2D eigenvalue weighted by Crippen LogP contribution is 2.02. The average Bonchev–Trinajstić information content (AvgIpc) is 1.84. The van der Waals surface area contributed by atoms with Gasteiger partial charge < -0.3 is 15.0 Å². The number of likely N-dealkylation sites (tertiary alicyclic amines) is 1. The molecule has 0 unspecified atom stereocenters. The average molecular weight is 144 g/mol. The van der Waals surface area contributed by atoms with Crippen LogP contribution in [0.25, 0.3) is 0 Å². The fraction of sp³-hybridized carbons (Fsp3) is 0.833. The Morgan fingerprint density at radius 2 is 2.30 bits per heavy atom. The first kappa shape index (κ1) is 7.34. The number of carbonyl (C=O) groups excluding carboxylic acids is 1. The van der Waals surface area contributed by atoms with Gasteiger partial charge in [0, 0.05) is 13.1 Å². The number of likely N-dealkylation sites (N-methyl/N-ethyl adjacent to an activating group) is 1. The predicted molar refractivity (Wildman–Crippen MR) is 36.8 cm³/mol. The van der Waals surface area contributed by atoms with E-state index in [0.717, 1.165) is 13.1 Å². The molecular weight excluding hydrogens is 132 g/mol. The summed E-state index contributed by atoms with van der Waals surface area (Å²) in [7, 11) is 3.38. The van der Waals surface area contributed by atoms with Crippen LogP contribution in [0.1, 0.15) is 0 Å². The largest absolute Gasteiger partial charge is 0.453 e. The first-order chi connectivity index (χ1) is 4.72. The number of nitrogens with zero attached hydrogens (tertiary/aromatic N) is 1. The zero-order chi connectivity index (χ0) is 7.56. The fourth-order valence-corrected chi connectivity index (χ4v) is 1.02. The summed E-state index contributed by atoms with van der Waals surface area (Å²) >= 11 is 0. The Labute approximate surface area is 60.1 Å². The Kier molecular flexibility index (Phi) is 2.11. The number of hydrogen-bond acceptors (Lipinski definition) is 3. The quantitative estimate of drug-likeness (QED) is 0.547. The molecule has 4 nitrogen and oxygen atoms in total. The highest BCUT2D eigenvalue weighted by molar-refractivity contribution is 5.67. The van der Waals surface area contributed by atoms with Crippen molar-refractivity contribution in [3.63, 3.8) is 0 Å². The molecule has 1 aliphatic heterocycles. The van der Waals surface area contributed by atoms with Gasteiger partial charge in [-0.05, 0) is 7.05 Å². The first-order valence-corrected chi connectivity index (χ1v) is 3.25. The molecule has 0 atom stereocenters. The van der Waals surface area contributed by atoms with Crippen LogP contribution in [0.5, 0.6) is 0 Å². The van der Waals surface area contributed by atoms with E-state index >= 15 is 0 Å². The number of amides is 1. The third-order valence-electron chi connectivity index (χ3n) is 1.57. The number of rotatable bonds is 1. The third kappa shape index (κ3) is 1.60. The number of ether oxygens (including phenoxy) is 1. The Morgan fingerprint density at radius 1 is 1.70 bits per heavy atom. The van der Waals surface area contributed by atoms with Gasteiger partial charge in [0.05, 0.1) is 13.2 Å². The van der Waals surface area contributed by atoms with Crippen LogP contribution in [0.4, 0.5) is 4.79 Å². The van der Waals surface area contributed by atoms with E-state index < -0.39 is 0 Å². The van der Waals surface area contributed by atoms with E-state index in [4.69, 9.17) is 0 Å². The molecule has 10 heavy (non-hydrogen) atoms. The zero-order valence-electron chi connectivity index (χ0n) is 6.26. The molecule has 1 aliphatic rings. The van der Waals surface area contributed by atoms with Crippen molar-refractivity contribution in [2.24, 2.45) is 0 Å². The molecule has 0 aliphatic carbocycles. The van der Waals surface area contributed by atoms with Crippen molar-refractivity contribution >= 4 is 6.09 Å². The standard InChI is InChI=1S/C6H12N2O2/c1-8-3-5(4-8)7-6(9)10-2/h5H,3-4H2,1-2H3,(H,7,9). The van der Waals surface area contributed by atoms with Crippen LogP contribution in [-0.2, 0) is 4.74 Å². The molecule has 1 heterocycles. The Hall–Kier alpha value is -0.770. The summed E-state index contributed by atoms with van der Waals surface area (Å²) < 4.78 is 4.42. The summed E-state index contributed by atoms with van der Waals surface area (Å²) in [6.45, 7) is 1.85. The van der Waals surface area contributed by atoms with E-state index in [-0.39, 0.29) is 12.1 Å². The van der Waals surface area contributed by atoms with Crippen LogP contribution in [-0.4, -0.2) is 44.3 Å². The SMILES string of the molecule is COC(=O)NC1CN(C)C1. The summed E-state index contributed by atoms with van der Waals surface area (Å²) in [5, 5.41) is 2.69. The third-order valence-corrected chi connectivity index (χ3v) is 1.57. The van der Waals surface area contributed by atoms with Crippen LogP contribution >= 0.6 is 0 Å². The van der Waals surface area contributed by atoms with Crippen molar-refractivity contribution in [2.45, 2.75) is 6.04 Å². The molecule has 0 radical (unpaired) electrons.